The van der Waals surface area contributed by atoms with Gasteiger partial charge in [0.1, 0.15) is 17.2 Å². The first-order chi connectivity index (χ1) is 16.4. The van der Waals surface area contributed by atoms with Crippen molar-refractivity contribution in [1.82, 2.24) is 4.90 Å². The molecule has 1 aliphatic carbocycles. The first-order valence-electron chi connectivity index (χ1n) is 11.4. The number of methoxy groups -OCH3 is 1. The zero-order chi connectivity index (χ0) is 23.8. The zero-order valence-electron chi connectivity index (χ0n) is 19.2. The molecule has 7 heteroatoms. The van der Waals surface area contributed by atoms with E-state index in [1.165, 1.54) is 16.7 Å². The van der Waals surface area contributed by atoms with Gasteiger partial charge in [-0.25, -0.2) is 4.79 Å². The fraction of sp³-hybridized carbons (Fsp3) is 0.296. The standard InChI is InChI=1S/C27H27ClN2O4/c1-30-12-11-17-14-23(28)25(31)15-22(17)26-21-9-4-18(13-16(21)3-10-24(26)30)29-27(32)34-20-7-5-19(33-2)6-8-20/h4-9,13-15,24,26,31H,3,10-12H2,1-2H3,(H,29,32)/t24-,26+/m0/s1. The molecule has 0 spiro atoms. The van der Waals surface area contributed by atoms with Gasteiger partial charge in [0.2, 0.25) is 0 Å². The van der Waals surface area contributed by atoms with Crippen LogP contribution in [-0.2, 0) is 12.8 Å². The Morgan fingerprint density at radius 3 is 2.53 bits per heavy atom. The molecule has 0 saturated carbocycles. The van der Waals surface area contributed by atoms with E-state index in [1.807, 2.05) is 24.3 Å². The zero-order valence-corrected chi connectivity index (χ0v) is 19.9. The molecule has 2 aliphatic rings. The highest BCUT2D eigenvalue weighted by atomic mass is 35.5. The molecule has 0 bridgehead atoms. The summed E-state index contributed by atoms with van der Waals surface area (Å²) in [5.74, 6) is 1.39. The van der Waals surface area contributed by atoms with Crippen molar-refractivity contribution < 1.29 is 19.4 Å². The molecule has 34 heavy (non-hydrogen) atoms. The molecule has 5 rings (SSSR count). The predicted molar refractivity (Wildman–Crippen MR) is 132 cm³/mol. The lowest BCUT2D eigenvalue weighted by atomic mass is 9.74. The second-order valence-electron chi connectivity index (χ2n) is 8.92. The van der Waals surface area contributed by atoms with Gasteiger partial charge in [-0.3, -0.25) is 5.32 Å². The van der Waals surface area contributed by atoms with Crippen LogP contribution >= 0.6 is 11.6 Å². The minimum atomic E-state index is -0.544. The summed E-state index contributed by atoms with van der Waals surface area (Å²) in [5.41, 5.74) is 5.43. The number of ether oxygens (including phenoxy) is 2. The molecule has 0 fully saturated rings. The van der Waals surface area contributed by atoms with Gasteiger partial charge >= 0.3 is 6.09 Å². The molecule has 3 aromatic rings. The van der Waals surface area contributed by atoms with Crippen molar-refractivity contribution in [3.63, 3.8) is 0 Å². The van der Waals surface area contributed by atoms with Gasteiger partial charge < -0.3 is 19.5 Å². The number of nitrogens with zero attached hydrogens (tertiary/aromatic N) is 1. The van der Waals surface area contributed by atoms with Crippen LogP contribution in [0.15, 0.2) is 54.6 Å². The van der Waals surface area contributed by atoms with E-state index in [0.29, 0.717) is 28.3 Å². The third-order valence-corrected chi connectivity index (χ3v) is 7.24. The van der Waals surface area contributed by atoms with E-state index in [-0.39, 0.29) is 11.7 Å². The molecule has 0 unspecified atom stereocenters. The SMILES string of the molecule is COc1ccc(OC(=O)Nc2ccc3c(c2)CC[C@H]2[C@H]3c3cc(O)c(Cl)cc3CCN2C)cc1. The number of phenols is 1. The number of phenolic OH excluding ortho intramolecular Hbond substituents is 1. The van der Waals surface area contributed by atoms with Crippen molar-refractivity contribution in [1.29, 1.82) is 0 Å². The Kier molecular flexibility index (Phi) is 6.11. The van der Waals surface area contributed by atoms with Gasteiger partial charge in [0.05, 0.1) is 12.1 Å². The van der Waals surface area contributed by atoms with Crippen LogP contribution in [0.25, 0.3) is 0 Å². The fourth-order valence-electron chi connectivity index (χ4n) is 5.21. The molecule has 1 heterocycles. The van der Waals surface area contributed by atoms with Crippen molar-refractivity contribution >= 4 is 23.4 Å². The van der Waals surface area contributed by atoms with Gasteiger partial charge in [-0.05, 0) is 97.1 Å². The number of likely N-dealkylation sites (N-methyl/N-ethyl adjacent to an activating group) is 1. The highest BCUT2D eigenvalue weighted by molar-refractivity contribution is 6.32. The number of aryl methyl sites for hydroxylation is 1. The van der Waals surface area contributed by atoms with Gasteiger partial charge in [0.15, 0.2) is 0 Å². The largest absolute Gasteiger partial charge is 0.506 e. The minimum absolute atomic E-state index is 0.121. The molecule has 2 N–H and O–H groups in total. The summed E-state index contributed by atoms with van der Waals surface area (Å²) < 4.78 is 10.5. The summed E-state index contributed by atoms with van der Waals surface area (Å²) in [6.45, 7) is 0.946. The number of rotatable bonds is 3. The Labute approximate surface area is 204 Å². The summed E-state index contributed by atoms with van der Waals surface area (Å²) >= 11 is 6.23. The van der Waals surface area contributed by atoms with E-state index < -0.39 is 6.09 Å². The van der Waals surface area contributed by atoms with Crippen LogP contribution in [0.5, 0.6) is 17.2 Å². The second kappa shape index (κ2) is 9.20. The van der Waals surface area contributed by atoms with Gasteiger partial charge in [-0.1, -0.05) is 17.7 Å². The lowest BCUT2D eigenvalue weighted by Crippen LogP contribution is -2.39. The molecule has 176 valence electrons. The summed E-state index contributed by atoms with van der Waals surface area (Å²) in [4.78, 5) is 14.9. The number of benzene rings is 3. The maximum absolute atomic E-state index is 12.4. The smallest absolute Gasteiger partial charge is 0.417 e. The van der Waals surface area contributed by atoms with Crippen molar-refractivity contribution in [3.8, 4) is 17.2 Å². The third kappa shape index (κ3) is 4.31. The average Bonchev–Trinajstić information content (AvgIpc) is 2.96. The predicted octanol–water partition coefficient (Wildman–Crippen LogP) is 5.60. The lowest BCUT2D eigenvalue weighted by molar-refractivity contribution is 0.213. The van der Waals surface area contributed by atoms with Crippen LogP contribution in [-0.4, -0.2) is 42.8 Å². The maximum atomic E-state index is 12.4. The molecule has 6 nitrogen and oxygen atoms in total. The van der Waals surface area contributed by atoms with Crippen LogP contribution in [0, 0.1) is 0 Å². The molecule has 3 aromatic carbocycles. The van der Waals surface area contributed by atoms with Crippen molar-refractivity contribution in [3.05, 3.63) is 81.9 Å². The number of fused-ring (bicyclic) bond motifs is 5. The number of nitrogens with one attached hydrogen (secondary N) is 1. The van der Waals surface area contributed by atoms with E-state index >= 15 is 0 Å². The monoisotopic (exact) mass is 478 g/mol. The Hall–Kier alpha value is -3.22. The number of halogens is 1. The van der Waals surface area contributed by atoms with E-state index in [4.69, 9.17) is 21.1 Å². The first-order valence-corrected chi connectivity index (χ1v) is 11.8. The van der Waals surface area contributed by atoms with Gasteiger partial charge in [0.25, 0.3) is 0 Å². The summed E-state index contributed by atoms with van der Waals surface area (Å²) in [6, 6.07) is 17.0. The van der Waals surface area contributed by atoms with E-state index in [0.717, 1.165) is 31.4 Å². The molecule has 1 aliphatic heterocycles. The normalized spacial score (nSPS) is 19.3. The number of carbonyl (C=O) groups is 1. The highest BCUT2D eigenvalue weighted by Crippen LogP contribution is 2.45. The number of aromatic hydroxyl groups is 1. The van der Waals surface area contributed by atoms with Crippen LogP contribution in [0.4, 0.5) is 10.5 Å². The number of hydrogen-bond donors (Lipinski definition) is 2. The molecule has 0 radical (unpaired) electrons. The van der Waals surface area contributed by atoms with E-state index in [9.17, 15) is 9.90 Å². The Morgan fingerprint density at radius 1 is 1.03 bits per heavy atom. The van der Waals surface area contributed by atoms with Crippen LogP contribution in [0.1, 0.15) is 34.6 Å². The van der Waals surface area contributed by atoms with Gasteiger partial charge in [0, 0.05) is 24.2 Å². The van der Waals surface area contributed by atoms with E-state index in [1.54, 1.807) is 31.4 Å². The quantitative estimate of drug-likeness (QED) is 0.512. The Bertz CT molecular complexity index is 1230. The van der Waals surface area contributed by atoms with Crippen molar-refractivity contribution in [2.45, 2.75) is 31.2 Å². The number of carbonyl (C=O) groups excluding carboxylic acids is 1. The Balaban J connectivity index is 1.41. The summed E-state index contributed by atoms with van der Waals surface area (Å²) in [6.07, 6.45) is 2.26. The molecular weight excluding hydrogens is 452 g/mol. The molecule has 2 atom stereocenters. The van der Waals surface area contributed by atoms with Crippen LogP contribution in [0.2, 0.25) is 5.02 Å². The number of amides is 1. The Morgan fingerprint density at radius 2 is 1.76 bits per heavy atom. The summed E-state index contributed by atoms with van der Waals surface area (Å²) in [7, 11) is 3.76. The molecule has 1 amide bonds. The van der Waals surface area contributed by atoms with Crippen molar-refractivity contribution in [2.75, 3.05) is 26.0 Å². The van der Waals surface area contributed by atoms with Crippen LogP contribution in [0.3, 0.4) is 0 Å². The molecular formula is C27H27ClN2O4. The fourth-order valence-corrected chi connectivity index (χ4v) is 5.40. The topological polar surface area (TPSA) is 71.0 Å². The first kappa shape index (κ1) is 22.6. The van der Waals surface area contributed by atoms with Crippen LogP contribution < -0.4 is 14.8 Å². The average molecular weight is 479 g/mol. The van der Waals surface area contributed by atoms with Crippen molar-refractivity contribution in [2.24, 2.45) is 0 Å². The van der Waals surface area contributed by atoms with Gasteiger partial charge in [-0.15, -0.1) is 0 Å². The number of hydrogen-bond acceptors (Lipinski definition) is 5. The lowest BCUT2D eigenvalue weighted by Gasteiger charge is -2.38. The number of anilines is 1. The van der Waals surface area contributed by atoms with Gasteiger partial charge in [-0.2, -0.15) is 0 Å². The molecule has 0 aromatic heterocycles. The second-order valence-corrected chi connectivity index (χ2v) is 9.33. The highest BCUT2D eigenvalue weighted by Gasteiger charge is 2.37. The summed E-state index contributed by atoms with van der Waals surface area (Å²) in [5, 5.41) is 13.6. The third-order valence-electron chi connectivity index (χ3n) is 6.93. The maximum Gasteiger partial charge on any atom is 0.417 e. The van der Waals surface area contributed by atoms with E-state index in [2.05, 4.69) is 23.3 Å². The minimum Gasteiger partial charge on any atom is -0.506 e. The molecule has 0 saturated heterocycles.